The van der Waals surface area contributed by atoms with Crippen LogP contribution in [-0.2, 0) is 19.1 Å². The van der Waals surface area contributed by atoms with Crippen molar-refractivity contribution in [3.8, 4) is 5.75 Å². The molecule has 0 spiro atoms. The Hall–Kier alpha value is -3.27. The molecule has 36 heavy (non-hydrogen) atoms. The van der Waals surface area contributed by atoms with Crippen molar-refractivity contribution in [3.63, 3.8) is 0 Å². The number of ketones is 2. The summed E-state index contributed by atoms with van der Waals surface area (Å²) >= 11 is 0. The second-order valence-corrected chi connectivity index (χ2v) is 8.52. The smallest absolute Gasteiger partial charge is 0.203 e. The molecule has 1 saturated carbocycles. The summed E-state index contributed by atoms with van der Waals surface area (Å²) in [5.74, 6) is -3.13. The number of allylic oxidation sites excluding steroid dienone is 3. The van der Waals surface area contributed by atoms with Gasteiger partial charge in [0.25, 0.3) is 0 Å². The predicted octanol–water partition coefficient (Wildman–Crippen LogP) is 2.24. The second-order valence-electron chi connectivity index (χ2n) is 8.52. The lowest BCUT2D eigenvalue weighted by Crippen LogP contribution is -2.26. The van der Waals surface area contributed by atoms with Gasteiger partial charge in [0, 0.05) is 49.2 Å². The van der Waals surface area contributed by atoms with Crippen LogP contribution in [0, 0.1) is 0 Å². The molecule has 2 aliphatic rings. The van der Waals surface area contributed by atoms with E-state index in [4.69, 9.17) is 9.47 Å². The Bertz CT molecular complexity index is 1130. The molecule has 2 aliphatic carbocycles. The highest BCUT2D eigenvalue weighted by Crippen LogP contribution is 2.40. The molecular formula is C27H35N2O7+. The number of likely N-dealkylation sites (N-methyl/N-ethyl adjacent to an activating group) is 1. The fourth-order valence-electron chi connectivity index (χ4n) is 4.44. The molecule has 194 valence electrons. The number of rotatable bonds is 10. The van der Waals surface area contributed by atoms with Gasteiger partial charge in [-0.05, 0) is 32.9 Å². The van der Waals surface area contributed by atoms with Crippen LogP contribution in [-0.4, -0.2) is 90.0 Å². The Labute approximate surface area is 211 Å². The molecule has 0 aromatic heterocycles. The van der Waals surface area contributed by atoms with Gasteiger partial charge in [-0.3, -0.25) is 9.59 Å². The molecular weight excluding hydrogens is 464 g/mol. The van der Waals surface area contributed by atoms with Crippen molar-refractivity contribution in [3.05, 3.63) is 58.9 Å². The standard InChI is InChI=1S/C27H34N2O7/c1-5-28(12-13-35-4)17-8-10-19(21(30)14-17)23-25(32)24(27(34)26(23)33)20-11-9-18(15-22(20)31)29(6-2)16-36-7-3/h8-11,14-15,24,27,31,34H,5-7,12-13,16H2,1-4H3/p+1. The summed E-state index contributed by atoms with van der Waals surface area (Å²) in [5, 5.41) is 32.2. The molecule has 3 N–H and O–H groups in total. The van der Waals surface area contributed by atoms with Crippen LogP contribution in [0.5, 0.6) is 5.75 Å². The van der Waals surface area contributed by atoms with E-state index in [0.717, 1.165) is 0 Å². The molecule has 0 radical (unpaired) electrons. The number of phenolic OH excluding ortho intramolecular Hbond substituents is 1. The maximum Gasteiger partial charge on any atom is 0.203 e. The lowest BCUT2D eigenvalue weighted by Gasteiger charge is -2.24. The highest BCUT2D eigenvalue weighted by atomic mass is 16.5. The molecule has 2 unspecified atom stereocenters. The van der Waals surface area contributed by atoms with Crippen LogP contribution in [0.3, 0.4) is 0 Å². The predicted molar refractivity (Wildman–Crippen MR) is 136 cm³/mol. The van der Waals surface area contributed by atoms with Gasteiger partial charge in [0.15, 0.2) is 18.1 Å². The van der Waals surface area contributed by atoms with Gasteiger partial charge in [-0.2, -0.15) is 0 Å². The molecule has 1 aromatic carbocycles. The summed E-state index contributed by atoms with van der Waals surface area (Å²) < 4.78 is 12.6. The molecule has 2 atom stereocenters. The van der Waals surface area contributed by atoms with Gasteiger partial charge >= 0.3 is 0 Å². The van der Waals surface area contributed by atoms with Crippen LogP contribution < -0.4 is 4.90 Å². The zero-order valence-electron chi connectivity index (χ0n) is 21.2. The SMILES string of the molecule is CCOCN(CC)c1ccc(C2C(=O)C(=C3C=CC(=[N+](CC)CCOC)C=C3O)C(=O)C2O)c(O)c1. The molecule has 3 rings (SSSR count). The Morgan fingerprint density at radius 3 is 2.42 bits per heavy atom. The van der Waals surface area contributed by atoms with Crippen LogP contribution in [0.2, 0.25) is 0 Å². The number of benzene rings is 1. The van der Waals surface area contributed by atoms with Crippen molar-refractivity contribution < 1.29 is 39.0 Å². The van der Waals surface area contributed by atoms with E-state index < -0.39 is 23.6 Å². The third-order valence-electron chi connectivity index (χ3n) is 6.47. The lowest BCUT2D eigenvalue weighted by molar-refractivity contribution is -0.525. The summed E-state index contributed by atoms with van der Waals surface area (Å²) in [6.07, 6.45) is 3.05. The van der Waals surface area contributed by atoms with E-state index in [1.807, 2.05) is 30.2 Å². The van der Waals surface area contributed by atoms with E-state index in [-0.39, 0.29) is 28.2 Å². The molecule has 1 fully saturated rings. The minimum Gasteiger partial charge on any atom is -0.508 e. The molecule has 9 nitrogen and oxygen atoms in total. The third kappa shape index (κ3) is 5.43. The Kier molecular flexibility index (Phi) is 9.19. The third-order valence-corrected chi connectivity index (χ3v) is 6.47. The van der Waals surface area contributed by atoms with E-state index >= 15 is 0 Å². The van der Waals surface area contributed by atoms with Crippen molar-refractivity contribution in [1.82, 2.24) is 0 Å². The Morgan fingerprint density at radius 1 is 1.08 bits per heavy atom. The Morgan fingerprint density at radius 2 is 1.83 bits per heavy atom. The van der Waals surface area contributed by atoms with E-state index in [0.29, 0.717) is 51.0 Å². The number of carbonyl (C=O) groups is 2. The van der Waals surface area contributed by atoms with Gasteiger partial charge in [-0.25, -0.2) is 4.58 Å². The number of ether oxygens (including phenoxy) is 2. The molecule has 1 aromatic rings. The van der Waals surface area contributed by atoms with Gasteiger partial charge in [-0.15, -0.1) is 0 Å². The normalized spacial score (nSPS) is 23.3. The highest BCUT2D eigenvalue weighted by Gasteiger charge is 2.48. The summed E-state index contributed by atoms with van der Waals surface area (Å²) in [4.78, 5) is 28.2. The summed E-state index contributed by atoms with van der Waals surface area (Å²) in [5.41, 5.74) is 1.34. The number of hydrogen-bond donors (Lipinski definition) is 3. The van der Waals surface area contributed by atoms with E-state index in [1.165, 1.54) is 18.2 Å². The number of methoxy groups -OCH3 is 1. The average Bonchev–Trinajstić information content (AvgIpc) is 3.08. The molecule has 0 amide bonds. The van der Waals surface area contributed by atoms with Gasteiger partial charge in [0.1, 0.15) is 37.5 Å². The van der Waals surface area contributed by atoms with E-state index in [9.17, 15) is 24.9 Å². The summed E-state index contributed by atoms with van der Waals surface area (Å²) in [6, 6.07) is 4.75. The first kappa shape index (κ1) is 27.3. The van der Waals surface area contributed by atoms with Gasteiger partial charge < -0.3 is 29.7 Å². The lowest BCUT2D eigenvalue weighted by atomic mass is 9.92. The van der Waals surface area contributed by atoms with E-state index in [1.54, 1.807) is 25.3 Å². The van der Waals surface area contributed by atoms with Crippen molar-refractivity contribution in [2.45, 2.75) is 32.8 Å². The van der Waals surface area contributed by atoms with Crippen LogP contribution in [0.4, 0.5) is 5.69 Å². The number of carbonyl (C=O) groups excluding carboxylic acids is 2. The molecule has 0 saturated heterocycles. The first-order chi connectivity index (χ1) is 17.3. The number of Topliss-reactive ketones (excluding diaryl/α,β-unsaturated/α-hetero) is 2. The number of aromatic hydroxyl groups is 1. The zero-order chi connectivity index (χ0) is 26.4. The minimum absolute atomic E-state index is 0.0584. The van der Waals surface area contributed by atoms with Crippen molar-refractivity contribution in [2.75, 3.05) is 51.6 Å². The summed E-state index contributed by atoms with van der Waals surface area (Å²) in [6.45, 7) is 9.10. The number of aliphatic hydroxyl groups is 2. The first-order valence-corrected chi connectivity index (χ1v) is 12.1. The maximum atomic E-state index is 13.4. The average molecular weight is 500 g/mol. The summed E-state index contributed by atoms with van der Waals surface area (Å²) in [7, 11) is 1.61. The van der Waals surface area contributed by atoms with Crippen LogP contribution in [0.15, 0.2) is 53.3 Å². The van der Waals surface area contributed by atoms with Crippen molar-refractivity contribution in [2.24, 2.45) is 0 Å². The number of anilines is 1. The van der Waals surface area contributed by atoms with Gasteiger partial charge in [0.05, 0.1) is 17.6 Å². The maximum absolute atomic E-state index is 13.4. The quantitative estimate of drug-likeness (QED) is 0.194. The topological polar surface area (TPSA) is 120 Å². The van der Waals surface area contributed by atoms with Crippen LogP contribution >= 0.6 is 0 Å². The molecule has 9 heteroatoms. The largest absolute Gasteiger partial charge is 0.508 e. The highest BCUT2D eigenvalue weighted by molar-refractivity contribution is 6.31. The molecule has 0 aliphatic heterocycles. The van der Waals surface area contributed by atoms with Crippen LogP contribution in [0.1, 0.15) is 32.3 Å². The van der Waals surface area contributed by atoms with Gasteiger partial charge in [-0.1, -0.05) is 6.07 Å². The Balaban J connectivity index is 1.95. The number of aliphatic hydroxyl groups excluding tert-OH is 2. The number of hydrogen-bond acceptors (Lipinski definition) is 8. The monoisotopic (exact) mass is 499 g/mol. The van der Waals surface area contributed by atoms with Crippen molar-refractivity contribution in [1.29, 1.82) is 0 Å². The second kappa shape index (κ2) is 12.1. The first-order valence-electron chi connectivity index (χ1n) is 12.1. The number of phenols is 1. The molecule has 0 heterocycles. The molecule has 0 bridgehead atoms. The fraction of sp³-hybridized carbons (Fsp3) is 0.444. The minimum atomic E-state index is -1.66. The van der Waals surface area contributed by atoms with Gasteiger partial charge in [0.2, 0.25) is 5.71 Å². The fourth-order valence-corrected chi connectivity index (χ4v) is 4.44. The van der Waals surface area contributed by atoms with E-state index in [2.05, 4.69) is 0 Å². The van der Waals surface area contributed by atoms with Crippen LogP contribution in [0.25, 0.3) is 0 Å². The van der Waals surface area contributed by atoms with Crippen molar-refractivity contribution >= 4 is 23.0 Å². The number of nitrogens with zero attached hydrogens (tertiary/aromatic N) is 2. The zero-order valence-corrected chi connectivity index (χ0v) is 21.2.